The number of benzene rings is 1. The van der Waals surface area contributed by atoms with Crippen molar-refractivity contribution in [3.05, 3.63) is 47.2 Å². The van der Waals surface area contributed by atoms with Gasteiger partial charge in [-0.25, -0.2) is 8.42 Å². The first-order valence-corrected chi connectivity index (χ1v) is 10.7. The van der Waals surface area contributed by atoms with E-state index in [0.717, 1.165) is 24.7 Å². The molecule has 2 heterocycles. The van der Waals surface area contributed by atoms with Crippen molar-refractivity contribution in [2.75, 3.05) is 12.8 Å². The maximum atomic E-state index is 12.5. The van der Waals surface area contributed by atoms with E-state index in [-0.39, 0.29) is 12.5 Å². The van der Waals surface area contributed by atoms with E-state index >= 15 is 0 Å². The first-order valence-electron chi connectivity index (χ1n) is 8.44. The normalized spacial score (nSPS) is 18.6. The van der Waals surface area contributed by atoms with E-state index in [4.69, 9.17) is 16.0 Å². The molecular weight excluding hydrogens is 376 g/mol. The zero-order chi connectivity index (χ0) is 18.7. The van der Waals surface area contributed by atoms with Crippen LogP contribution in [0, 0.1) is 0 Å². The Hall–Kier alpha value is -1.83. The minimum Gasteiger partial charge on any atom is -0.459 e. The molecule has 1 N–H and O–H groups in total. The number of piperidine rings is 1. The topological polar surface area (TPSA) is 79.6 Å². The lowest BCUT2D eigenvalue weighted by atomic mass is 10.0. The Kier molecular flexibility index (Phi) is 5.70. The predicted octanol–water partition coefficient (Wildman–Crippen LogP) is 3.03. The third-order valence-electron chi connectivity index (χ3n) is 4.41. The van der Waals surface area contributed by atoms with E-state index in [0.29, 0.717) is 29.5 Å². The summed E-state index contributed by atoms with van der Waals surface area (Å²) in [5, 5.41) is 3.43. The molecule has 1 saturated heterocycles. The largest absolute Gasteiger partial charge is 0.459 e. The number of carbonyl (C=O) groups is 1. The van der Waals surface area contributed by atoms with Crippen molar-refractivity contribution in [3.8, 4) is 11.3 Å². The van der Waals surface area contributed by atoms with Gasteiger partial charge in [-0.15, -0.1) is 0 Å². The van der Waals surface area contributed by atoms with Gasteiger partial charge in [0.1, 0.15) is 17.6 Å². The van der Waals surface area contributed by atoms with Crippen LogP contribution in [0.2, 0.25) is 5.02 Å². The smallest absolute Gasteiger partial charge is 0.238 e. The van der Waals surface area contributed by atoms with Crippen LogP contribution in [0.5, 0.6) is 0 Å². The minimum atomic E-state index is -3.40. The Balaban J connectivity index is 1.63. The van der Waals surface area contributed by atoms with E-state index in [2.05, 4.69) is 5.32 Å². The van der Waals surface area contributed by atoms with Crippen molar-refractivity contribution in [2.45, 2.75) is 31.8 Å². The molecule has 1 aromatic carbocycles. The SMILES string of the molecule is CS(=O)(=O)N1CCCCC1C(=O)NCc1ccc(-c2ccc(Cl)cc2)o1. The third kappa shape index (κ3) is 4.47. The highest BCUT2D eigenvalue weighted by molar-refractivity contribution is 7.88. The van der Waals surface area contributed by atoms with Crippen LogP contribution in [0.4, 0.5) is 0 Å². The number of hydrogen-bond donors (Lipinski definition) is 1. The Labute approximate surface area is 158 Å². The molecule has 1 unspecified atom stereocenters. The standard InChI is InChI=1S/C18H21ClN2O4S/c1-26(23,24)21-11-3-2-4-16(21)18(22)20-12-15-9-10-17(25-15)13-5-7-14(19)8-6-13/h5-10,16H,2-4,11-12H2,1H3,(H,20,22). The summed E-state index contributed by atoms with van der Waals surface area (Å²) in [6, 6.07) is 10.2. The van der Waals surface area contributed by atoms with Crippen LogP contribution in [-0.2, 0) is 21.4 Å². The molecule has 26 heavy (non-hydrogen) atoms. The summed E-state index contributed by atoms with van der Waals surface area (Å²) in [7, 11) is -3.40. The van der Waals surface area contributed by atoms with Gasteiger partial charge in [0.2, 0.25) is 15.9 Å². The van der Waals surface area contributed by atoms with Crippen LogP contribution in [0.25, 0.3) is 11.3 Å². The second-order valence-corrected chi connectivity index (χ2v) is 8.75. The number of hydrogen-bond acceptors (Lipinski definition) is 4. The molecule has 3 rings (SSSR count). The number of amides is 1. The van der Waals surface area contributed by atoms with Crippen molar-refractivity contribution in [1.29, 1.82) is 0 Å². The van der Waals surface area contributed by atoms with Crippen molar-refractivity contribution >= 4 is 27.5 Å². The zero-order valence-electron chi connectivity index (χ0n) is 14.4. The maximum Gasteiger partial charge on any atom is 0.238 e. The minimum absolute atomic E-state index is 0.209. The quantitative estimate of drug-likeness (QED) is 0.842. The van der Waals surface area contributed by atoms with Crippen LogP contribution in [-0.4, -0.2) is 37.5 Å². The molecule has 0 bridgehead atoms. The lowest BCUT2D eigenvalue weighted by Gasteiger charge is -2.32. The van der Waals surface area contributed by atoms with Crippen molar-refractivity contribution in [1.82, 2.24) is 9.62 Å². The number of nitrogens with one attached hydrogen (secondary N) is 1. The molecule has 2 aromatic rings. The Morgan fingerprint density at radius 1 is 1.23 bits per heavy atom. The molecule has 6 nitrogen and oxygen atoms in total. The highest BCUT2D eigenvalue weighted by Crippen LogP contribution is 2.24. The molecule has 0 spiro atoms. The van der Waals surface area contributed by atoms with Gasteiger partial charge in [-0.2, -0.15) is 4.31 Å². The monoisotopic (exact) mass is 396 g/mol. The van der Waals surface area contributed by atoms with Gasteiger partial charge in [0.05, 0.1) is 12.8 Å². The Morgan fingerprint density at radius 2 is 1.96 bits per heavy atom. The summed E-state index contributed by atoms with van der Waals surface area (Å²) in [5.41, 5.74) is 0.891. The van der Waals surface area contributed by atoms with Gasteiger partial charge < -0.3 is 9.73 Å². The molecule has 0 saturated carbocycles. The van der Waals surface area contributed by atoms with E-state index in [9.17, 15) is 13.2 Å². The third-order valence-corrected chi connectivity index (χ3v) is 5.95. The van der Waals surface area contributed by atoms with Crippen molar-refractivity contribution in [2.24, 2.45) is 0 Å². The summed E-state index contributed by atoms with van der Waals surface area (Å²) in [6.07, 6.45) is 3.29. The first kappa shape index (κ1) is 18.9. The van der Waals surface area contributed by atoms with Gasteiger partial charge in [-0.1, -0.05) is 18.0 Å². The molecule has 1 aliphatic heterocycles. The highest BCUT2D eigenvalue weighted by atomic mass is 35.5. The number of nitrogens with zero attached hydrogens (tertiary/aromatic N) is 1. The lowest BCUT2D eigenvalue weighted by Crippen LogP contribution is -2.51. The summed E-state index contributed by atoms with van der Waals surface area (Å²) in [4.78, 5) is 12.5. The van der Waals surface area contributed by atoms with Crippen molar-refractivity contribution < 1.29 is 17.6 Å². The van der Waals surface area contributed by atoms with E-state index in [1.165, 1.54) is 4.31 Å². The molecule has 1 atom stereocenters. The van der Waals surface area contributed by atoms with E-state index in [1.54, 1.807) is 18.2 Å². The Morgan fingerprint density at radius 3 is 2.65 bits per heavy atom. The second-order valence-electron chi connectivity index (χ2n) is 6.38. The van der Waals surface area contributed by atoms with Gasteiger partial charge in [0.25, 0.3) is 0 Å². The summed E-state index contributed by atoms with van der Waals surface area (Å²) in [6.45, 7) is 0.596. The van der Waals surface area contributed by atoms with Crippen LogP contribution >= 0.6 is 11.6 Å². The molecule has 140 valence electrons. The highest BCUT2D eigenvalue weighted by Gasteiger charge is 2.34. The van der Waals surface area contributed by atoms with Crippen LogP contribution < -0.4 is 5.32 Å². The zero-order valence-corrected chi connectivity index (χ0v) is 16.0. The summed E-state index contributed by atoms with van der Waals surface area (Å²) >= 11 is 5.88. The fourth-order valence-corrected chi connectivity index (χ4v) is 4.35. The number of carbonyl (C=O) groups excluding carboxylic acids is 1. The van der Waals surface area contributed by atoms with E-state index in [1.807, 2.05) is 18.2 Å². The number of rotatable bonds is 5. The van der Waals surface area contributed by atoms with Crippen LogP contribution in [0.3, 0.4) is 0 Å². The first-order chi connectivity index (χ1) is 12.3. The summed E-state index contributed by atoms with van der Waals surface area (Å²) in [5.74, 6) is 0.992. The van der Waals surface area contributed by atoms with Crippen molar-refractivity contribution in [3.63, 3.8) is 0 Å². The van der Waals surface area contributed by atoms with Gasteiger partial charge in [-0.3, -0.25) is 4.79 Å². The molecular formula is C18H21ClN2O4S. The Bertz CT molecular complexity index is 877. The molecule has 1 fully saturated rings. The fourth-order valence-electron chi connectivity index (χ4n) is 3.10. The average Bonchev–Trinajstić information content (AvgIpc) is 3.08. The number of halogens is 1. The van der Waals surface area contributed by atoms with Crippen LogP contribution in [0.15, 0.2) is 40.8 Å². The molecule has 0 radical (unpaired) electrons. The maximum absolute atomic E-state index is 12.5. The van der Waals surface area contributed by atoms with Gasteiger partial charge in [-0.05, 0) is 49.2 Å². The van der Waals surface area contributed by atoms with Gasteiger partial charge >= 0.3 is 0 Å². The number of furan rings is 1. The average molecular weight is 397 g/mol. The second kappa shape index (κ2) is 7.82. The summed E-state index contributed by atoms with van der Waals surface area (Å²) < 4.78 is 30.8. The fraction of sp³-hybridized carbons (Fsp3) is 0.389. The van der Waals surface area contributed by atoms with Crippen LogP contribution in [0.1, 0.15) is 25.0 Å². The molecule has 1 amide bonds. The molecule has 1 aromatic heterocycles. The lowest BCUT2D eigenvalue weighted by molar-refractivity contribution is -0.125. The molecule has 8 heteroatoms. The van der Waals surface area contributed by atoms with Gasteiger partial charge in [0, 0.05) is 17.1 Å². The molecule has 1 aliphatic rings. The number of sulfonamides is 1. The van der Waals surface area contributed by atoms with Gasteiger partial charge in [0.15, 0.2) is 0 Å². The van der Waals surface area contributed by atoms with E-state index < -0.39 is 16.1 Å². The predicted molar refractivity (Wildman–Crippen MR) is 100 cm³/mol. The molecule has 0 aliphatic carbocycles.